The third-order valence-corrected chi connectivity index (χ3v) is 3.02. The Bertz CT molecular complexity index is 575. The Kier molecular flexibility index (Phi) is 2.13. The summed E-state index contributed by atoms with van der Waals surface area (Å²) in [5.74, 6) is 0. The second kappa shape index (κ2) is 3.18. The maximum absolute atomic E-state index is 11.0. The molecule has 0 saturated heterocycles. The first-order valence-corrected chi connectivity index (χ1v) is 5.79. The van der Waals surface area contributed by atoms with Crippen LogP contribution in [0.3, 0.4) is 0 Å². The van der Waals surface area contributed by atoms with E-state index in [4.69, 9.17) is 5.14 Å². The Morgan fingerprint density at radius 3 is 2.86 bits per heavy atom. The van der Waals surface area contributed by atoms with E-state index < -0.39 is 10.0 Å². The van der Waals surface area contributed by atoms with Crippen molar-refractivity contribution in [1.29, 1.82) is 0 Å². The van der Waals surface area contributed by atoms with Gasteiger partial charge in [-0.3, -0.25) is 4.99 Å². The van der Waals surface area contributed by atoms with E-state index in [0.29, 0.717) is 11.9 Å². The van der Waals surface area contributed by atoms with E-state index in [-0.39, 0.29) is 4.90 Å². The number of nitrogens with two attached hydrogens (primary N) is 1. The van der Waals surface area contributed by atoms with E-state index in [9.17, 15) is 8.42 Å². The molecule has 0 unspecified atom stereocenters. The van der Waals surface area contributed by atoms with Crippen LogP contribution in [-0.4, -0.2) is 15.0 Å². The van der Waals surface area contributed by atoms with Crippen LogP contribution in [-0.2, 0) is 10.0 Å². The van der Waals surface area contributed by atoms with E-state index in [1.165, 1.54) is 12.1 Å². The van der Waals surface area contributed by atoms with E-state index in [2.05, 4.69) is 4.99 Å². The van der Waals surface area contributed by atoms with Crippen LogP contribution >= 0.6 is 0 Å². The van der Waals surface area contributed by atoms with Crippen molar-refractivity contribution in [2.75, 3.05) is 6.54 Å². The Morgan fingerprint density at radius 1 is 1.36 bits per heavy atom. The molecular formula is C9H10N2O2S. The lowest BCUT2D eigenvalue weighted by Crippen LogP contribution is -2.29. The molecule has 1 aromatic rings. The summed E-state index contributed by atoms with van der Waals surface area (Å²) >= 11 is 0. The molecule has 1 aromatic carbocycles. The molecule has 2 rings (SSSR count). The summed E-state index contributed by atoms with van der Waals surface area (Å²) in [4.78, 5) is 4.34. The molecule has 0 bridgehead atoms. The van der Waals surface area contributed by atoms with Gasteiger partial charge in [-0.15, -0.1) is 0 Å². The van der Waals surface area contributed by atoms with Crippen LogP contribution in [0.25, 0.3) is 6.08 Å². The number of rotatable bonds is 1. The maximum atomic E-state index is 11.0. The minimum absolute atomic E-state index is 0.121. The van der Waals surface area contributed by atoms with Crippen molar-refractivity contribution < 1.29 is 8.42 Å². The Labute approximate surface area is 81.8 Å². The average Bonchev–Trinajstić information content (AvgIpc) is 2.16. The molecule has 4 nitrogen and oxygen atoms in total. The Balaban J connectivity index is 2.74. The Hall–Kier alpha value is -1.20. The van der Waals surface area contributed by atoms with Gasteiger partial charge in [-0.2, -0.15) is 0 Å². The highest BCUT2D eigenvalue weighted by molar-refractivity contribution is 7.89. The standard InChI is InChI=1S/C9H10N2O2S/c10-14(12,13)8-4-3-7-2-1-5-11-9(7)6-8/h2-4,6H,1,5H2,(H2,10,12,13). The number of hydrogen-bond donors (Lipinski definition) is 1. The number of primary sulfonamides is 1. The van der Waals surface area contributed by atoms with Gasteiger partial charge in [0.25, 0.3) is 0 Å². The predicted molar refractivity (Wildman–Crippen MR) is 52.5 cm³/mol. The number of nitrogens with zero attached hydrogens (tertiary/aromatic N) is 1. The predicted octanol–water partition coefficient (Wildman–Crippen LogP) is -0.862. The third-order valence-electron chi connectivity index (χ3n) is 2.11. The number of fused-ring (bicyclic) bond motifs is 1. The maximum Gasteiger partial charge on any atom is 0.238 e. The average molecular weight is 210 g/mol. The summed E-state index contributed by atoms with van der Waals surface area (Å²) in [7, 11) is -3.61. The lowest BCUT2D eigenvalue weighted by Gasteiger charge is -2.01. The zero-order valence-electron chi connectivity index (χ0n) is 7.47. The molecule has 1 heterocycles. The molecule has 0 atom stereocenters. The van der Waals surface area contributed by atoms with Crippen molar-refractivity contribution in [2.24, 2.45) is 10.1 Å². The fourth-order valence-electron chi connectivity index (χ4n) is 1.42. The zero-order chi connectivity index (χ0) is 10.2. The second-order valence-electron chi connectivity index (χ2n) is 3.14. The van der Waals surface area contributed by atoms with Crippen molar-refractivity contribution >= 4 is 16.1 Å². The fraction of sp³-hybridized carbons (Fsp3) is 0.222. The number of hydrogen-bond acceptors (Lipinski definition) is 3. The molecule has 0 aromatic heterocycles. The molecule has 2 N–H and O–H groups in total. The van der Waals surface area contributed by atoms with E-state index >= 15 is 0 Å². The van der Waals surface area contributed by atoms with Gasteiger partial charge in [0.2, 0.25) is 10.0 Å². The largest absolute Gasteiger partial charge is 0.284 e. The molecule has 1 aliphatic heterocycles. The number of benzene rings is 1. The SMILES string of the molecule is NS(=O)(=O)c1ccc2c(c1)=NCCC=2. The van der Waals surface area contributed by atoms with Gasteiger partial charge in [-0.1, -0.05) is 12.1 Å². The van der Waals surface area contributed by atoms with Crippen LogP contribution in [0.4, 0.5) is 0 Å². The summed E-state index contributed by atoms with van der Waals surface area (Å²) in [6.45, 7) is 0.709. The summed E-state index contributed by atoms with van der Waals surface area (Å²) in [6.07, 6.45) is 2.94. The lowest BCUT2D eigenvalue weighted by molar-refractivity contribution is 0.597. The Morgan fingerprint density at radius 2 is 2.14 bits per heavy atom. The first-order valence-electron chi connectivity index (χ1n) is 4.25. The molecule has 74 valence electrons. The summed E-state index contributed by atoms with van der Waals surface area (Å²) in [5.41, 5.74) is 0. The molecule has 5 heteroatoms. The van der Waals surface area contributed by atoms with Crippen LogP contribution in [0.5, 0.6) is 0 Å². The first-order chi connectivity index (χ1) is 6.57. The van der Waals surface area contributed by atoms with Crippen LogP contribution in [0.2, 0.25) is 0 Å². The van der Waals surface area contributed by atoms with Gasteiger partial charge in [-0.05, 0) is 23.8 Å². The minimum atomic E-state index is -3.61. The monoisotopic (exact) mass is 210 g/mol. The van der Waals surface area contributed by atoms with Gasteiger partial charge in [-0.25, -0.2) is 13.6 Å². The molecule has 0 amide bonds. The van der Waals surface area contributed by atoms with Gasteiger partial charge >= 0.3 is 0 Å². The summed E-state index contributed by atoms with van der Waals surface area (Å²) in [5, 5.41) is 6.70. The van der Waals surface area contributed by atoms with Crippen LogP contribution in [0, 0.1) is 0 Å². The highest BCUT2D eigenvalue weighted by Gasteiger charge is 2.07. The molecule has 1 aliphatic rings. The van der Waals surface area contributed by atoms with Crippen LogP contribution in [0.1, 0.15) is 6.42 Å². The summed E-state index contributed by atoms with van der Waals surface area (Å²) < 4.78 is 22.1. The highest BCUT2D eigenvalue weighted by Crippen LogP contribution is 2.00. The van der Waals surface area contributed by atoms with Crippen molar-refractivity contribution in [1.82, 2.24) is 0 Å². The van der Waals surface area contributed by atoms with Gasteiger partial charge in [0.1, 0.15) is 0 Å². The van der Waals surface area contributed by atoms with Gasteiger partial charge in [0.05, 0.1) is 10.3 Å². The molecule has 0 saturated carbocycles. The van der Waals surface area contributed by atoms with Crippen LogP contribution < -0.4 is 15.7 Å². The lowest BCUT2D eigenvalue weighted by atomic mass is 10.2. The van der Waals surface area contributed by atoms with Crippen molar-refractivity contribution in [3.63, 3.8) is 0 Å². The molecule has 0 fully saturated rings. The van der Waals surface area contributed by atoms with Gasteiger partial charge in [0, 0.05) is 6.54 Å². The quantitative estimate of drug-likeness (QED) is 0.655. The van der Waals surface area contributed by atoms with Crippen molar-refractivity contribution in [2.45, 2.75) is 11.3 Å². The fourth-order valence-corrected chi connectivity index (χ4v) is 1.95. The van der Waals surface area contributed by atoms with Crippen LogP contribution in [0.15, 0.2) is 28.1 Å². The highest BCUT2D eigenvalue weighted by atomic mass is 32.2. The molecular weight excluding hydrogens is 200 g/mol. The summed E-state index contributed by atoms with van der Waals surface area (Å²) in [6, 6.07) is 4.75. The normalized spacial score (nSPS) is 15.2. The van der Waals surface area contributed by atoms with Gasteiger partial charge < -0.3 is 0 Å². The molecule has 14 heavy (non-hydrogen) atoms. The molecule has 0 aliphatic carbocycles. The topological polar surface area (TPSA) is 72.5 Å². The minimum Gasteiger partial charge on any atom is -0.284 e. The van der Waals surface area contributed by atoms with E-state index in [1.807, 2.05) is 6.08 Å². The first kappa shape index (κ1) is 9.36. The van der Waals surface area contributed by atoms with Gasteiger partial charge in [0.15, 0.2) is 0 Å². The third kappa shape index (κ3) is 1.69. The van der Waals surface area contributed by atoms with Crippen molar-refractivity contribution in [3.05, 3.63) is 28.8 Å². The van der Waals surface area contributed by atoms with E-state index in [0.717, 1.165) is 11.6 Å². The second-order valence-corrected chi connectivity index (χ2v) is 4.70. The molecule has 0 radical (unpaired) electrons. The smallest absolute Gasteiger partial charge is 0.238 e. The van der Waals surface area contributed by atoms with E-state index in [1.54, 1.807) is 6.07 Å². The van der Waals surface area contributed by atoms with Crippen molar-refractivity contribution in [3.8, 4) is 0 Å². The number of sulfonamides is 1. The zero-order valence-corrected chi connectivity index (χ0v) is 8.29. The molecule has 0 spiro atoms.